The van der Waals surface area contributed by atoms with Crippen molar-refractivity contribution in [1.29, 1.82) is 0 Å². The van der Waals surface area contributed by atoms with Crippen molar-refractivity contribution in [2.75, 3.05) is 18.5 Å². The van der Waals surface area contributed by atoms with Gasteiger partial charge in [-0.25, -0.2) is 0 Å². The number of esters is 6. The van der Waals surface area contributed by atoms with E-state index >= 15 is 0 Å². The minimum Gasteiger partial charge on any atom is -0.463 e. The summed E-state index contributed by atoms with van der Waals surface area (Å²) in [6.45, 7) is 5.55. The summed E-state index contributed by atoms with van der Waals surface area (Å²) in [5.41, 5.74) is 0.503. The van der Waals surface area contributed by atoms with E-state index < -0.39 is 110 Å². The van der Waals surface area contributed by atoms with Crippen LogP contribution in [0.25, 0.3) is 10.8 Å². The summed E-state index contributed by atoms with van der Waals surface area (Å²) in [6.07, 6.45) is -13.7. The Labute approximate surface area is 292 Å². The van der Waals surface area contributed by atoms with Gasteiger partial charge in [0, 0.05) is 47.2 Å². The molecule has 0 spiro atoms. The van der Waals surface area contributed by atoms with Gasteiger partial charge in [-0.15, -0.1) is 0 Å². The third-order valence-corrected chi connectivity index (χ3v) is 7.74. The van der Waals surface area contributed by atoms with Crippen molar-refractivity contribution in [3.05, 3.63) is 42.5 Å². The van der Waals surface area contributed by atoms with Crippen LogP contribution in [0.1, 0.15) is 41.5 Å². The van der Waals surface area contributed by atoms with E-state index in [1.54, 1.807) is 12.1 Å². The van der Waals surface area contributed by atoms with Gasteiger partial charge in [-0.3, -0.25) is 28.8 Å². The Hall–Kier alpha value is -4.84. The summed E-state index contributed by atoms with van der Waals surface area (Å²) in [5.74, 6) is -4.80. The van der Waals surface area contributed by atoms with E-state index in [9.17, 15) is 33.9 Å². The van der Waals surface area contributed by atoms with Gasteiger partial charge in [0.05, 0.1) is 0 Å². The molecule has 0 bridgehead atoms. The van der Waals surface area contributed by atoms with Gasteiger partial charge in [0.1, 0.15) is 37.6 Å². The van der Waals surface area contributed by atoms with E-state index in [-0.39, 0.29) is 0 Å². The predicted molar refractivity (Wildman–Crippen MR) is 171 cm³/mol. The maximum Gasteiger partial charge on any atom is 0.303 e. The van der Waals surface area contributed by atoms with Crippen molar-refractivity contribution in [2.24, 2.45) is 0 Å². The third-order valence-electron chi connectivity index (χ3n) is 7.74. The zero-order chi connectivity index (χ0) is 37.4. The summed E-state index contributed by atoms with van der Waals surface area (Å²) in [5, 5.41) is 16.2. The first-order chi connectivity index (χ1) is 24.1. The zero-order valence-electron chi connectivity index (χ0n) is 28.8. The summed E-state index contributed by atoms with van der Waals surface area (Å²) in [4.78, 5) is 73.1. The number of carbonyl (C=O) groups excluding carboxylic acids is 6. The van der Waals surface area contributed by atoms with Gasteiger partial charge in [0.25, 0.3) is 0 Å². The smallest absolute Gasteiger partial charge is 0.303 e. The van der Waals surface area contributed by atoms with E-state index in [0.29, 0.717) is 5.69 Å². The van der Waals surface area contributed by atoms with E-state index in [2.05, 4.69) is 5.32 Å². The van der Waals surface area contributed by atoms with Gasteiger partial charge in [-0.2, -0.15) is 0 Å². The molecule has 2 aromatic carbocycles. The molecule has 4 rings (SSSR count). The fourth-order valence-electron chi connectivity index (χ4n) is 5.83. The molecular formula is C34H41NO16. The number of hydrogen-bond donors (Lipinski definition) is 2. The van der Waals surface area contributed by atoms with Crippen LogP contribution in [0.2, 0.25) is 0 Å². The second-order valence-corrected chi connectivity index (χ2v) is 11.8. The molecule has 2 aliphatic rings. The fraction of sp³-hybridized carbons (Fsp3) is 0.529. The van der Waals surface area contributed by atoms with Crippen LogP contribution in [-0.4, -0.2) is 115 Å². The highest BCUT2D eigenvalue weighted by Crippen LogP contribution is 2.35. The standard InChI is InChI=1S/C34H41NO16/c1-16(36)43-14-25-28(30(46-19(4)39)27(33(42)49-25)35-24-12-11-22-9-7-8-10-23(22)13-24)51-34-32(48-21(6)41)31(47-20(5)40)29(45-18(3)38)26(50-34)15-44-17(2)37/h7-13,25-35,42H,14-15H2,1-6H3/t25-,26-,27-,28-,29+,30-,31+,32-,33+,34+/m1/s1. The minimum absolute atomic E-state index is 0.503. The summed E-state index contributed by atoms with van der Waals surface area (Å²) >= 11 is 0. The van der Waals surface area contributed by atoms with Crippen LogP contribution >= 0.6 is 0 Å². The first-order valence-corrected chi connectivity index (χ1v) is 16.0. The van der Waals surface area contributed by atoms with Gasteiger partial charge >= 0.3 is 35.8 Å². The minimum atomic E-state index is -1.73. The molecule has 0 saturated carbocycles. The molecular weight excluding hydrogens is 678 g/mol. The second-order valence-electron chi connectivity index (χ2n) is 11.8. The molecule has 10 atom stereocenters. The van der Waals surface area contributed by atoms with Gasteiger partial charge in [-0.05, 0) is 22.9 Å². The lowest BCUT2D eigenvalue weighted by Crippen LogP contribution is -2.67. The van der Waals surface area contributed by atoms with Crippen molar-refractivity contribution in [1.82, 2.24) is 0 Å². The number of anilines is 1. The van der Waals surface area contributed by atoms with Crippen LogP contribution in [0, 0.1) is 0 Å². The Morgan fingerprint density at radius 2 is 1.12 bits per heavy atom. The van der Waals surface area contributed by atoms with Crippen LogP contribution in [0.15, 0.2) is 42.5 Å². The normalized spacial score (nSPS) is 28.8. The molecule has 2 aromatic rings. The Morgan fingerprint density at radius 3 is 1.69 bits per heavy atom. The third kappa shape index (κ3) is 10.6. The molecule has 0 aliphatic carbocycles. The first kappa shape index (κ1) is 39.0. The van der Waals surface area contributed by atoms with E-state index in [4.69, 9.17) is 42.6 Å². The topological polar surface area (TPSA) is 218 Å². The molecule has 0 amide bonds. The summed E-state index contributed by atoms with van der Waals surface area (Å²) in [6, 6.07) is 11.7. The van der Waals surface area contributed by atoms with E-state index in [0.717, 1.165) is 52.3 Å². The van der Waals surface area contributed by atoms with Crippen molar-refractivity contribution >= 4 is 52.3 Å². The summed E-state index contributed by atoms with van der Waals surface area (Å²) < 4.78 is 50.8. The molecule has 2 N–H and O–H groups in total. The van der Waals surface area contributed by atoms with Crippen LogP contribution in [-0.2, 0) is 71.4 Å². The van der Waals surface area contributed by atoms with Crippen LogP contribution in [0.5, 0.6) is 0 Å². The maximum atomic E-state index is 12.6. The number of aliphatic hydroxyl groups is 1. The van der Waals surface area contributed by atoms with Gasteiger partial charge in [-0.1, -0.05) is 30.3 Å². The average molecular weight is 720 g/mol. The molecule has 2 aliphatic heterocycles. The quantitative estimate of drug-likeness (QED) is 0.233. The lowest BCUT2D eigenvalue weighted by Gasteiger charge is -2.48. The highest BCUT2D eigenvalue weighted by Gasteiger charge is 2.56. The SMILES string of the molecule is CC(=O)OC[C@H]1O[C@@H](O[C@H]2[C@H](OC(C)=O)[C@@H](Nc3ccc4ccccc4c3)[C@@H](O)O[C@@H]2COC(C)=O)[C@H](OC(C)=O)[C@@H](OC(C)=O)[C@H]1OC(C)=O. The number of rotatable bonds is 12. The molecule has 2 fully saturated rings. The molecule has 17 heteroatoms. The number of aliphatic hydroxyl groups excluding tert-OH is 1. The van der Waals surface area contributed by atoms with Crippen LogP contribution in [0.4, 0.5) is 5.69 Å². The first-order valence-electron chi connectivity index (χ1n) is 16.0. The number of nitrogens with one attached hydrogen (secondary N) is 1. The molecule has 2 saturated heterocycles. The lowest BCUT2D eigenvalue weighted by molar-refractivity contribution is -0.345. The lowest BCUT2D eigenvalue weighted by atomic mass is 9.94. The van der Waals surface area contributed by atoms with Crippen LogP contribution < -0.4 is 5.32 Å². The number of hydrogen-bond acceptors (Lipinski definition) is 17. The molecule has 278 valence electrons. The van der Waals surface area contributed by atoms with Gasteiger partial charge in [0.2, 0.25) is 0 Å². The number of ether oxygens (including phenoxy) is 9. The summed E-state index contributed by atoms with van der Waals surface area (Å²) in [7, 11) is 0. The molecule has 17 nitrogen and oxygen atoms in total. The van der Waals surface area contributed by atoms with Crippen molar-refractivity contribution < 1.29 is 76.5 Å². The zero-order valence-corrected chi connectivity index (χ0v) is 28.8. The Morgan fingerprint density at radius 1 is 0.608 bits per heavy atom. The highest BCUT2D eigenvalue weighted by molar-refractivity contribution is 5.85. The number of benzene rings is 2. The largest absolute Gasteiger partial charge is 0.463 e. The number of fused-ring (bicyclic) bond motifs is 1. The Balaban J connectivity index is 1.79. The molecule has 2 heterocycles. The predicted octanol–water partition coefficient (Wildman–Crippen LogP) is 1.30. The number of carbonyl (C=O) groups is 6. The van der Waals surface area contributed by atoms with Gasteiger partial charge < -0.3 is 53.1 Å². The second kappa shape index (κ2) is 17.4. The molecule has 0 aromatic heterocycles. The van der Waals surface area contributed by atoms with Crippen molar-refractivity contribution in [3.8, 4) is 0 Å². The molecule has 0 radical (unpaired) electrons. The Kier molecular flexibility index (Phi) is 13.3. The monoisotopic (exact) mass is 719 g/mol. The van der Waals surface area contributed by atoms with Crippen molar-refractivity contribution in [3.63, 3.8) is 0 Å². The average Bonchev–Trinajstić information content (AvgIpc) is 3.03. The maximum absolute atomic E-state index is 12.6. The molecule has 0 unspecified atom stereocenters. The van der Waals surface area contributed by atoms with Gasteiger partial charge in [0.15, 0.2) is 37.0 Å². The van der Waals surface area contributed by atoms with Crippen molar-refractivity contribution in [2.45, 2.75) is 103 Å². The van der Waals surface area contributed by atoms with E-state index in [1.165, 1.54) is 0 Å². The van der Waals surface area contributed by atoms with Crippen LogP contribution in [0.3, 0.4) is 0 Å². The Bertz CT molecular complexity index is 1600. The highest BCUT2D eigenvalue weighted by atomic mass is 16.8. The molecule has 51 heavy (non-hydrogen) atoms. The van der Waals surface area contributed by atoms with E-state index in [1.807, 2.05) is 30.3 Å². The fourth-order valence-corrected chi connectivity index (χ4v) is 5.83.